The van der Waals surface area contributed by atoms with Crippen LogP contribution in [0, 0.1) is 5.92 Å². The molecule has 2 atom stereocenters. The zero-order chi connectivity index (χ0) is 17.8. The minimum absolute atomic E-state index is 0.0440. The van der Waals surface area contributed by atoms with Gasteiger partial charge in [0.15, 0.2) is 5.82 Å². The molecular formula is C19H23N5O2. The number of anilines is 2. The number of ether oxygens (including phenoxy) is 1. The van der Waals surface area contributed by atoms with Crippen molar-refractivity contribution < 1.29 is 9.53 Å². The third-order valence-electron chi connectivity index (χ3n) is 4.88. The summed E-state index contributed by atoms with van der Waals surface area (Å²) >= 11 is 0. The third kappa shape index (κ3) is 3.94. The maximum Gasteiger partial charge on any atom is 0.229 e. The average Bonchev–Trinajstić information content (AvgIpc) is 3.36. The molecule has 1 unspecified atom stereocenters. The van der Waals surface area contributed by atoms with Gasteiger partial charge in [-0.1, -0.05) is 0 Å². The van der Waals surface area contributed by atoms with Crippen molar-refractivity contribution in [3.05, 3.63) is 42.6 Å². The van der Waals surface area contributed by atoms with Crippen molar-refractivity contribution in [2.75, 3.05) is 36.4 Å². The molecule has 0 spiro atoms. The molecule has 2 fully saturated rings. The van der Waals surface area contributed by atoms with Gasteiger partial charge in [-0.3, -0.25) is 4.79 Å². The highest BCUT2D eigenvalue weighted by molar-refractivity contribution is 5.93. The topological polar surface area (TPSA) is 79.4 Å². The molecule has 1 aromatic carbocycles. The minimum atomic E-state index is -0.0440. The number of benzene rings is 1. The molecule has 0 saturated carbocycles. The Morgan fingerprint density at radius 2 is 2.12 bits per heavy atom. The fourth-order valence-corrected chi connectivity index (χ4v) is 3.43. The van der Waals surface area contributed by atoms with E-state index in [0.717, 1.165) is 49.7 Å². The summed E-state index contributed by atoms with van der Waals surface area (Å²) in [4.78, 5) is 14.6. The summed E-state index contributed by atoms with van der Waals surface area (Å²) < 4.78 is 5.90. The largest absolute Gasteiger partial charge is 0.489 e. The normalized spacial score (nSPS) is 22.4. The molecule has 2 saturated heterocycles. The van der Waals surface area contributed by atoms with E-state index in [0.29, 0.717) is 6.54 Å². The molecule has 2 aromatic rings. The van der Waals surface area contributed by atoms with Crippen LogP contribution in [0.3, 0.4) is 0 Å². The van der Waals surface area contributed by atoms with Crippen LogP contribution in [0.25, 0.3) is 0 Å². The van der Waals surface area contributed by atoms with Crippen molar-refractivity contribution >= 4 is 17.4 Å². The lowest BCUT2D eigenvalue weighted by molar-refractivity contribution is -0.119. The first-order valence-corrected chi connectivity index (χ1v) is 9.09. The van der Waals surface area contributed by atoms with E-state index >= 15 is 0 Å². The van der Waals surface area contributed by atoms with Crippen molar-refractivity contribution in [3.63, 3.8) is 0 Å². The van der Waals surface area contributed by atoms with Crippen molar-refractivity contribution in [2.24, 2.45) is 5.92 Å². The number of nitrogens with one attached hydrogen (secondary N) is 2. The minimum Gasteiger partial charge on any atom is -0.489 e. The molecule has 2 aliphatic heterocycles. The maximum absolute atomic E-state index is 12.5. The summed E-state index contributed by atoms with van der Waals surface area (Å²) in [5.74, 6) is 1.67. The van der Waals surface area contributed by atoms with Gasteiger partial charge in [-0.25, -0.2) is 0 Å². The zero-order valence-electron chi connectivity index (χ0n) is 14.6. The van der Waals surface area contributed by atoms with E-state index in [9.17, 15) is 4.79 Å². The first-order valence-electron chi connectivity index (χ1n) is 9.09. The predicted octanol–water partition coefficient (Wildman–Crippen LogP) is 1.68. The first-order chi connectivity index (χ1) is 12.8. The lowest BCUT2D eigenvalue weighted by atomic mass is 10.1. The van der Waals surface area contributed by atoms with Gasteiger partial charge in [0.1, 0.15) is 11.9 Å². The van der Waals surface area contributed by atoms with E-state index in [1.165, 1.54) is 0 Å². The Bertz CT molecular complexity index is 731. The van der Waals surface area contributed by atoms with Gasteiger partial charge in [0.2, 0.25) is 5.91 Å². The van der Waals surface area contributed by atoms with Gasteiger partial charge < -0.3 is 20.3 Å². The number of hydrogen-bond donors (Lipinski definition) is 2. The molecule has 7 heteroatoms. The fraction of sp³-hybridized carbons (Fsp3) is 0.421. The van der Waals surface area contributed by atoms with Gasteiger partial charge in [-0.2, -0.15) is 5.10 Å². The molecular weight excluding hydrogens is 330 g/mol. The van der Waals surface area contributed by atoms with E-state index in [-0.39, 0.29) is 17.9 Å². The van der Waals surface area contributed by atoms with Crippen molar-refractivity contribution in [1.29, 1.82) is 0 Å². The summed E-state index contributed by atoms with van der Waals surface area (Å²) in [7, 11) is 0. The molecule has 0 aliphatic carbocycles. The summed E-state index contributed by atoms with van der Waals surface area (Å²) in [6.07, 6.45) is 3.74. The Morgan fingerprint density at radius 3 is 2.85 bits per heavy atom. The third-order valence-corrected chi connectivity index (χ3v) is 4.88. The van der Waals surface area contributed by atoms with Gasteiger partial charge in [-0.05, 0) is 55.8 Å². The zero-order valence-corrected chi connectivity index (χ0v) is 14.6. The quantitative estimate of drug-likeness (QED) is 0.851. The monoisotopic (exact) mass is 353 g/mol. The lowest BCUT2D eigenvalue weighted by Crippen LogP contribution is -2.27. The van der Waals surface area contributed by atoms with Crippen molar-refractivity contribution in [2.45, 2.75) is 18.9 Å². The summed E-state index contributed by atoms with van der Waals surface area (Å²) in [6.45, 7) is 3.38. The molecule has 2 aliphatic rings. The number of hydrogen-bond acceptors (Lipinski definition) is 6. The molecule has 136 valence electrons. The lowest BCUT2D eigenvalue weighted by Gasteiger charge is -2.16. The van der Waals surface area contributed by atoms with E-state index in [1.807, 2.05) is 36.4 Å². The highest BCUT2D eigenvalue weighted by atomic mass is 16.5. The summed E-state index contributed by atoms with van der Waals surface area (Å²) in [5, 5.41) is 14.3. The Hall–Kier alpha value is -2.67. The van der Waals surface area contributed by atoms with Crippen LogP contribution in [0.1, 0.15) is 12.8 Å². The molecule has 4 rings (SSSR count). The molecule has 0 bridgehead atoms. The number of carbonyl (C=O) groups excluding carboxylic acids is 1. The van der Waals surface area contributed by atoms with Crippen LogP contribution < -0.4 is 20.3 Å². The van der Waals surface area contributed by atoms with Crippen molar-refractivity contribution in [3.8, 4) is 5.75 Å². The highest BCUT2D eigenvalue weighted by Crippen LogP contribution is 2.24. The Morgan fingerprint density at radius 1 is 1.23 bits per heavy atom. The van der Waals surface area contributed by atoms with Gasteiger partial charge in [-0.15, -0.1) is 5.10 Å². The molecule has 0 radical (unpaired) electrons. The van der Waals surface area contributed by atoms with Crippen LogP contribution in [-0.2, 0) is 4.79 Å². The SMILES string of the molecule is O=C(Nc1ccc(O[C@H]2CCNC2)cc1)C1CCN(c2cccnn2)C1. The molecule has 2 N–H and O–H groups in total. The van der Waals surface area contributed by atoms with Crippen LogP contribution in [0.4, 0.5) is 11.5 Å². The van der Waals surface area contributed by atoms with Crippen LogP contribution in [0.5, 0.6) is 5.75 Å². The van der Waals surface area contributed by atoms with Gasteiger partial charge >= 0.3 is 0 Å². The second kappa shape index (κ2) is 7.70. The van der Waals surface area contributed by atoms with Crippen molar-refractivity contribution in [1.82, 2.24) is 15.5 Å². The van der Waals surface area contributed by atoms with Gasteiger partial charge in [0, 0.05) is 31.5 Å². The van der Waals surface area contributed by atoms with Crippen LogP contribution in [0.15, 0.2) is 42.6 Å². The molecule has 7 nitrogen and oxygen atoms in total. The summed E-state index contributed by atoms with van der Waals surface area (Å²) in [6, 6.07) is 11.4. The smallest absolute Gasteiger partial charge is 0.229 e. The number of nitrogens with zero attached hydrogens (tertiary/aromatic N) is 3. The predicted molar refractivity (Wildman–Crippen MR) is 99.3 cm³/mol. The number of rotatable bonds is 5. The Kier molecular flexibility index (Phi) is 4.97. The van der Waals surface area contributed by atoms with E-state index in [1.54, 1.807) is 6.20 Å². The first kappa shape index (κ1) is 16.8. The van der Waals surface area contributed by atoms with Crippen LogP contribution in [0.2, 0.25) is 0 Å². The Labute approximate surface area is 152 Å². The number of carbonyl (C=O) groups is 1. The molecule has 1 amide bonds. The molecule has 3 heterocycles. The highest BCUT2D eigenvalue weighted by Gasteiger charge is 2.29. The second-order valence-electron chi connectivity index (χ2n) is 6.76. The fourth-order valence-electron chi connectivity index (χ4n) is 3.43. The standard InChI is InChI=1S/C19H23N5O2/c25-19(14-8-11-24(13-14)18-2-1-9-21-23-18)22-15-3-5-16(6-4-15)26-17-7-10-20-12-17/h1-6,9,14,17,20H,7-8,10-13H2,(H,22,25)/t14?,17-/m0/s1. The van der Waals surface area contributed by atoms with E-state index in [4.69, 9.17) is 4.74 Å². The Balaban J connectivity index is 1.30. The molecule has 26 heavy (non-hydrogen) atoms. The number of aromatic nitrogens is 2. The second-order valence-corrected chi connectivity index (χ2v) is 6.76. The van der Waals surface area contributed by atoms with E-state index < -0.39 is 0 Å². The van der Waals surface area contributed by atoms with Gasteiger partial charge in [0.25, 0.3) is 0 Å². The number of amides is 1. The van der Waals surface area contributed by atoms with Crippen LogP contribution in [-0.4, -0.2) is 48.4 Å². The molecule has 1 aromatic heterocycles. The van der Waals surface area contributed by atoms with E-state index in [2.05, 4.69) is 25.7 Å². The maximum atomic E-state index is 12.5. The summed E-state index contributed by atoms with van der Waals surface area (Å²) in [5.41, 5.74) is 0.796. The van der Waals surface area contributed by atoms with Crippen LogP contribution >= 0.6 is 0 Å². The van der Waals surface area contributed by atoms with Gasteiger partial charge in [0.05, 0.1) is 5.92 Å². The average molecular weight is 353 g/mol.